The van der Waals surface area contributed by atoms with E-state index >= 15 is 0 Å². The van der Waals surface area contributed by atoms with Crippen LogP contribution in [0.1, 0.15) is 0 Å². The fourth-order valence-corrected chi connectivity index (χ4v) is 18.6. The first-order valence-corrected chi connectivity index (χ1v) is 23.6. The Morgan fingerprint density at radius 3 is 1.05 bits per heavy atom. The molecule has 0 unspecified atom stereocenters. The van der Waals surface area contributed by atoms with Crippen molar-refractivity contribution in [3.8, 4) is 5.69 Å². The SMILES string of the molecule is c1ccc(-n2c3ccc([Si](c4ccccc4)(c4ccccc4)c4ccccc4)cc3c3nc([Si](c4ccccc4)(c4ccccc4)c4ccccc4)ccc32)cc1. The van der Waals surface area contributed by atoms with Crippen molar-refractivity contribution in [2.75, 3.05) is 0 Å². The number of benzene rings is 8. The molecule has 0 fully saturated rings. The summed E-state index contributed by atoms with van der Waals surface area (Å²) in [6.07, 6.45) is 0. The summed E-state index contributed by atoms with van der Waals surface area (Å²) in [5.41, 5.74) is 4.38. The number of aromatic nitrogens is 2. The fourth-order valence-electron chi connectivity index (χ4n) is 9.25. The van der Waals surface area contributed by atoms with Crippen LogP contribution in [0.15, 0.2) is 243 Å². The highest BCUT2D eigenvalue weighted by Crippen LogP contribution is 2.31. The Kier molecular flexibility index (Phi) is 8.90. The van der Waals surface area contributed by atoms with Gasteiger partial charge in [-0.1, -0.05) is 212 Å². The van der Waals surface area contributed by atoms with Crippen molar-refractivity contribution in [1.82, 2.24) is 9.55 Å². The summed E-state index contributed by atoms with van der Waals surface area (Å²) < 4.78 is 2.40. The van der Waals surface area contributed by atoms with Gasteiger partial charge in [0, 0.05) is 16.4 Å². The van der Waals surface area contributed by atoms with Gasteiger partial charge in [-0.2, -0.15) is 0 Å². The smallest absolute Gasteiger partial charge is 0.201 e. The first-order chi connectivity index (χ1) is 28.3. The van der Waals surface area contributed by atoms with Crippen LogP contribution in [-0.2, 0) is 0 Å². The fraction of sp³-hybridized carbons (Fsp3) is 0. The Hall–Kier alpha value is -6.86. The second kappa shape index (κ2) is 14.7. The van der Waals surface area contributed by atoms with Gasteiger partial charge in [0.05, 0.1) is 16.6 Å². The van der Waals surface area contributed by atoms with Crippen LogP contribution in [0, 0.1) is 0 Å². The molecule has 0 bridgehead atoms. The van der Waals surface area contributed by atoms with E-state index in [1.54, 1.807) is 0 Å². The molecule has 0 saturated carbocycles. The minimum atomic E-state index is -2.89. The Labute approximate surface area is 336 Å². The minimum absolute atomic E-state index is 1.02. The van der Waals surface area contributed by atoms with Crippen LogP contribution in [-0.4, -0.2) is 25.7 Å². The van der Waals surface area contributed by atoms with Crippen LogP contribution in [0.3, 0.4) is 0 Å². The summed E-state index contributed by atoms with van der Waals surface area (Å²) in [5.74, 6) is 0. The topological polar surface area (TPSA) is 17.8 Å². The molecule has 2 aromatic heterocycles. The van der Waals surface area contributed by atoms with Gasteiger partial charge in [0.25, 0.3) is 0 Å². The largest absolute Gasteiger partial charge is 0.308 e. The number of para-hydroxylation sites is 1. The van der Waals surface area contributed by atoms with Crippen molar-refractivity contribution in [2.24, 2.45) is 0 Å². The molecular weight excluding hydrogens is 721 g/mol. The first kappa shape index (κ1) is 34.6. The number of fused-ring (bicyclic) bond motifs is 3. The average molecular weight is 761 g/mol. The normalized spacial score (nSPS) is 11.9. The van der Waals surface area contributed by atoms with Crippen molar-refractivity contribution in [2.45, 2.75) is 0 Å². The third-order valence-corrected chi connectivity index (χ3v) is 21.1. The lowest BCUT2D eigenvalue weighted by Gasteiger charge is -2.34. The highest BCUT2D eigenvalue weighted by molar-refractivity contribution is 7.20. The van der Waals surface area contributed by atoms with Crippen molar-refractivity contribution >= 4 is 79.7 Å². The maximum Gasteiger partial charge on any atom is 0.201 e. The highest BCUT2D eigenvalue weighted by Gasteiger charge is 2.44. The van der Waals surface area contributed by atoms with Gasteiger partial charge in [0.15, 0.2) is 8.07 Å². The number of hydrogen-bond donors (Lipinski definition) is 0. The van der Waals surface area contributed by atoms with Gasteiger partial charge in [-0.25, -0.2) is 0 Å². The van der Waals surface area contributed by atoms with Gasteiger partial charge >= 0.3 is 0 Å². The van der Waals surface area contributed by atoms with Gasteiger partial charge in [-0.05, 0) is 66.6 Å². The van der Waals surface area contributed by atoms with Crippen molar-refractivity contribution in [1.29, 1.82) is 0 Å². The van der Waals surface area contributed by atoms with Crippen LogP contribution >= 0.6 is 0 Å². The molecule has 2 nitrogen and oxygen atoms in total. The third-order valence-electron chi connectivity index (χ3n) is 11.7. The number of hydrogen-bond acceptors (Lipinski definition) is 1. The van der Waals surface area contributed by atoms with Gasteiger partial charge in [-0.15, -0.1) is 0 Å². The zero-order valence-electron chi connectivity index (χ0n) is 31.5. The van der Waals surface area contributed by atoms with E-state index in [4.69, 9.17) is 4.98 Å². The van der Waals surface area contributed by atoms with Crippen molar-refractivity contribution < 1.29 is 0 Å². The minimum Gasteiger partial charge on any atom is -0.308 e. The van der Waals surface area contributed by atoms with Gasteiger partial charge in [0.1, 0.15) is 0 Å². The average Bonchev–Trinajstić information content (AvgIpc) is 3.63. The maximum atomic E-state index is 5.95. The molecule has 0 aliphatic rings. The molecule has 0 aliphatic heterocycles. The summed E-state index contributed by atoms with van der Waals surface area (Å²) in [4.78, 5) is 5.95. The van der Waals surface area contributed by atoms with E-state index in [0.29, 0.717) is 0 Å². The van der Waals surface area contributed by atoms with E-state index in [2.05, 4.69) is 247 Å². The van der Waals surface area contributed by atoms with E-state index in [1.807, 2.05) is 0 Å². The predicted octanol–water partition coefficient (Wildman–Crippen LogP) is 6.93. The molecule has 0 aliphatic carbocycles. The summed E-state index contributed by atoms with van der Waals surface area (Å²) in [7, 11) is -5.71. The molecule has 2 heterocycles. The van der Waals surface area contributed by atoms with Crippen LogP contribution in [0.4, 0.5) is 0 Å². The number of pyridine rings is 1. The molecule has 10 rings (SSSR count). The van der Waals surface area contributed by atoms with Crippen molar-refractivity contribution in [3.05, 3.63) is 243 Å². The quantitative estimate of drug-likeness (QED) is 0.115. The van der Waals surface area contributed by atoms with Gasteiger partial charge in [-0.3, -0.25) is 4.98 Å². The number of rotatable bonds is 9. The summed E-state index contributed by atoms with van der Waals surface area (Å²) >= 11 is 0. The maximum absolute atomic E-state index is 5.95. The second-order valence-electron chi connectivity index (χ2n) is 14.7. The molecule has 0 atom stereocenters. The van der Waals surface area contributed by atoms with Crippen LogP contribution in [0.5, 0.6) is 0 Å². The summed E-state index contributed by atoms with van der Waals surface area (Å²) in [5, 5.41) is 11.6. The molecule has 270 valence electrons. The second-order valence-corrected chi connectivity index (χ2v) is 22.2. The first-order valence-electron chi connectivity index (χ1n) is 19.6. The van der Waals surface area contributed by atoms with Gasteiger partial charge in [0.2, 0.25) is 8.07 Å². The van der Waals surface area contributed by atoms with E-state index in [0.717, 1.165) is 32.9 Å². The Morgan fingerprint density at radius 1 is 0.298 bits per heavy atom. The molecule has 0 spiro atoms. The van der Waals surface area contributed by atoms with Crippen LogP contribution in [0.25, 0.3) is 27.6 Å². The zero-order chi connectivity index (χ0) is 38.1. The van der Waals surface area contributed by atoms with Gasteiger partial charge < -0.3 is 4.57 Å². The lowest BCUT2D eigenvalue weighted by Crippen LogP contribution is -2.75. The molecule has 0 amide bonds. The molecule has 8 aromatic carbocycles. The molecule has 0 radical (unpaired) electrons. The van der Waals surface area contributed by atoms with Crippen LogP contribution < -0.4 is 41.6 Å². The van der Waals surface area contributed by atoms with E-state index in [-0.39, 0.29) is 0 Å². The predicted molar refractivity (Wildman–Crippen MR) is 246 cm³/mol. The Morgan fingerprint density at radius 2 is 0.649 bits per heavy atom. The summed E-state index contributed by atoms with van der Waals surface area (Å²) in [6.45, 7) is 0. The standard InChI is InChI=1S/C53H40N2Si2/c1-8-22-41(23-9-1)55-50-37-36-48(56(42-24-10-2-11-25-42,43-26-12-3-13-27-43)44-28-14-4-15-29-44)40-49(50)53-51(55)38-39-52(54-53)57(45-30-16-5-17-31-45,46-32-18-6-19-33-46)47-34-20-7-21-35-47/h1-40H. The molecular formula is C53H40N2Si2. The zero-order valence-corrected chi connectivity index (χ0v) is 33.5. The Balaban J connectivity index is 1.34. The highest BCUT2D eigenvalue weighted by atomic mass is 28.3. The monoisotopic (exact) mass is 760 g/mol. The van der Waals surface area contributed by atoms with E-state index < -0.39 is 16.1 Å². The molecule has 4 heteroatoms. The molecule has 0 saturated heterocycles. The molecule has 10 aromatic rings. The Bertz CT molecular complexity index is 2540. The number of nitrogens with zero attached hydrogens (tertiary/aromatic N) is 2. The van der Waals surface area contributed by atoms with E-state index in [1.165, 1.54) is 36.3 Å². The summed E-state index contributed by atoms with van der Waals surface area (Å²) in [6, 6.07) is 89.4. The van der Waals surface area contributed by atoms with Crippen molar-refractivity contribution in [3.63, 3.8) is 0 Å². The lowest BCUT2D eigenvalue weighted by atomic mass is 10.2. The molecule has 57 heavy (non-hydrogen) atoms. The molecule has 0 N–H and O–H groups in total. The van der Waals surface area contributed by atoms with E-state index in [9.17, 15) is 0 Å². The third kappa shape index (κ3) is 5.64. The van der Waals surface area contributed by atoms with Crippen LogP contribution in [0.2, 0.25) is 0 Å². The lowest BCUT2D eigenvalue weighted by molar-refractivity contribution is 1.18.